The van der Waals surface area contributed by atoms with Gasteiger partial charge < -0.3 is 20.7 Å². The minimum Gasteiger partial charge on any atom is -0.368 e. The molecule has 3 N–H and O–H groups in total. The Hall–Kier alpha value is -2.13. The van der Waals surface area contributed by atoms with Crippen molar-refractivity contribution in [1.29, 1.82) is 0 Å². The van der Waals surface area contributed by atoms with E-state index < -0.39 is 9.84 Å². The molecule has 0 aromatic heterocycles. The largest absolute Gasteiger partial charge is 0.368 e. The first-order valence-corrected chi connectivity index (χ1v) is 11.0. The zero-order valence-electron chi connectivity index (χ0n) is 15.4. The Labute approximate surface area is 159 Å². The van der Waals surface area contributed by atoms with E-state index in [1.54, 1.807) is 7.05 Å². The summed E-state index contributed by atoms with van der Waals surface area (Å²) < 4.78 is 28.5. The topological polar surface area (TPSA) is 109 Å². The van der Waals surface area contributed by atoms with Gasteiger partial charge in [-0.05, 0) is 37.0 Å². The van der Waals surface area contributed by atoms with Crippen LogP contribution >= 0.6 is 0 Å². The van der Waals surface area contributed by atoms with Gasteiger partial charge in [0.1, 0.15) is 6.10 Å². The summed E-state index contributed by atoms with van der Waals surface area (Å²) in [4.78, 5) is 16.3. The lowest BCUT2D eigenvalue weighted by atomic mass is 10.2. The second kappa shape index (κ2) is 8.71. The lowest BCUT2D eigenvalue weighted by Gasteiger charge is -2.16. The lowest BCUT2D eigenvalue weighted by Crippen LogP contribution is -2.43. The Morgan fingerprint density at radius 2 is 2.19 bits per heavy atom. The molecule has 0 aliphatic carbocycles. The molecule has 148 valence electrons. The highest BCUT2D eigenvalue weighted by Crippen LogP contribution is 2.16. The van der Waals surface area contributed by atoms with Crippen LogP contribution < -0.4 is 16.0 Å². The molecular formula is C18H26N4O4S. The summed E-state index contributed by atoms with van der Waals surface area (Å²) in [6.07, 6.45) is 1.90. The third kappa shape index (κ3) is 5.67. The number of guanidine groups is 1. The van der Waals surface area contributed by atoms with Crippen molar-refractivity contribution in [3.05, 3.63) is 29.8 Å². The molecule has 8 nitrogen and oxygen atoms in total. The number of benzene rings is 1. The molecule has 27 heavy (non-hydrogen) atoms. The normalized spacial score (nSPS) is 24.6. The fraction of sp³-hybridized carbons (Fsp3) is 0.556. The number of amides is 1. The van der Waals surface area contributed by atoms with Crippen molar-refractivity contribution in [3.8, 4) is 0 Å². The molecule has 1 aromatic rings. The van der Waals surface area contributed by atoms with E-state index in [9.17, 15) is 13.2 Å². The maximum Gasteiger partial charge on any atom is 0.253 e. The smallest absolute Gasteiger partial charge is 0.253 e. The standard InChI is InChI=1S/C18H26N4O4S/c1-19-18(22-15-7-9-27(24,25)12-15)20-11-13-4-2-5-14(10-13)21-17(23)16-6-3-8-26-16/h2,4-5,10,15-16H,3,6-9,11-12H2,1H3,(H,21,23)(H2,19,20,22). The average molecular weight is 394 g/mol. The third-order valence-electron chi connectivity index (χ3n) is 4.67. The quantitative estimate of drug-likeness (QED) is 0.500. The predicted molar refractivity (Wildman–Crippen MR) is 104 cm³/mol. The van der Waals surface area contributed by atoms with Crippen LogP contribution in [0.1, 0.15) is 24.8 Å². The van der Waals surface area contributed by atoms with Gasteiger partial charge in [-0.15, -0.1) is 0 Å². The van der Waals surface area contributed by atoms with Crippen molar-refractivity contribution in [2.24, 2.45) is 4.99 Å². The van der Waals surface area contributed by atoms with E-state index in [2.05, 4.69) is 20.9 Å². The van der Waals surface area contributed by atoms with Crippen LogP contribution in [0.3, 0.4) is 0 Å². The number of ether oxygens (including phenoxy) is 1. The molecule has 3 rings (SSSR count). The minimum absolute atomic E-state index is 0.113. The monoisotopic (exact) mass is 394 g/mol. The van der Waals surface area contributed by atoms with Gasteiger partial charge in [-0.1, -0.05) is 12.1 Å². The molecule has 0 saturated carbocycles. The number of aliphatic imine (C=N–C) groups is 1. The Morgan fingerprint density at radius 1 is 1.33 bits per heavy atom. The molecule has 0 spiro atoms. The molecule has 2 aliphatic rings. The van der Waals surface area contributed by atoms with Crippen molar-refractivity contribution in [2.45, 2.75) is 38.0 Å². The van der Waals surface area contributed by atoms with E-state index in [0.717, 1.165) is 24.1 Å². The molecule has 2 aliphatic heterocycles. The molecule has 0 bridgehead atoms. The van der Waals surface area contributed by atoms with Gasteiger partial charge in [-0.2, -0.15) is 0 Å². The number of rotatable bonds is 5. The predicted octanol–water partition coefficient (Wildman–Crippen LogP) is 0.656. The van der Waals surface area contributed by atoms with Gasteiger partial charge in [0.15, 0.2) is 15.8 Å². The zero-order chi connectivity index (χ0) is 19.3. The van der Waals surface area contributed by atoms with Crippen LogP contribution in [0.5, 0.6) is 0 Å². The van der Waals surface area contributed by atoms with E-state index in [1.165, 1.54) is 0 Å². The molecule has 0 radical (unpaired) electrons. The zero-order valence-corrected chi connectivity index (χ0v) is 16.2. The number of hydrogen-bond acceptors (Lipinski definition) is 5. The van der Waals surface area contributed by atoms with Crippen LogP contribution in [0.4, 0.5) is 5.69 Å². The van der Waals surface area contributed by atoms with Crippen molar-refractivity contribution in [1.82, 2.24) is 10.6 Å². The highest BCUT2D eigenvalue weighted by molar-refractivity contribution is 7.91. The maximum absolute atomic E-state index is 12.2. The third-order valence-corrected chi connectivity index (χ3v) is 6.44. The Balaban J connectivity index is 1.52. The average Bonchev–Trinajstić information content (AvgIpc) is 3.28. The fourth-order valence-corrected chi connectivity index (χ4v) is 4.92. The van der Waals surface area contributed by atoms with Crippen LogP contribution in [-0.2, 0) is 25.9 Å². The molecular weight excluding hydrogens is 368 g/mol. The van der Waals surface area contributed by atoms with Crippen molar-refractivity contribution in [3.63, 3.8) is 0 Å². The van der Waals surface area contributed by atoms with Gasteiger partial charge in [0.2, 0.25) is 0 Å². The van der Waals surface area contributed by atoms with Crippen LogP contribution in [0.15, 0.2) is 29.3 Å². The molecule has 1 aromatic carbocycles. The van der Waals surface area contributed by atoms with Crippen molar-refractivity contribution < 1.29 is 17.9 Å². The summed E-state index contributed by atoms with van der Waals surface area (Å²) in [7, 11) is -1.29. The first-order chi connectivity index (χ1) is 12.9. The van der Waals surface area contributed by atoms with Crippen molar-refractivity contribution >= 4 is 27.4 Å². The molecule has 9 heteroatoms. The summed E-state index contributed by atoms with van der Waals surface area (Å²) in [6, 6.07) is 7.45. The van der Waals surface area contributed by atoms with Crippen LogP contribution in [0.25, 0.3) is 0 Å². The first kappa shape index (κ1) is 19.6. The summed E-state index contributed by atoms with van der Waals surface area (Å²) in [5.41, 5.74) is 1.70. The molecule has 2 saturated heterocycles. The second-order valence-corrected chi connectivity index (χ2v) is 9.09. The molecule has 2 heterocycles. The lowest BCUT2D eigenvalue weighted by molar-refractivity contribution is -0.124. The van der Waals surface area contributed by atoms with E-state index in [0.29, 0.717) is 25.5 Å². The Morgan fingerprint density at radius 3 is 2.85 bits per heavy atom. The second-order valence-electron chi connectivity index (χ2n) is 6.86. The van der Waals surface area contributed by atoms with Crippen LogP contribution in [0, 0.1) is 0 Å². The van der Waals surface area contributed by atoms with Gasteiger partial charge in [0, 0.05) is 31.9 Å². The van der Waals surface area contributed by atoms with Crippen molar-refractivity contribution in [2.75, 3.05) is 30.5 Å². The summed E-state index contributed by atoms with van der Waals surface area (Å²) in [6.45, 7) is 1.14. The molecule has 2 unspecified atom stereocenters. The number of carbonyl (C=O) groups excluding carboxylic acids is 1. The van der Waals surface area contributed by atoms with Gasteiger partial charge in [0.05, 0.1) is 11.5 Å². The number of hydrogen-bond donors (Lipinski definition) is 3. The number of carbonyl (C=O) groups is 1. The summed E-state index contributed by atoms with van der Waals surface area (Å²) in [5.74, 6) is 0.801. The fourth-order valence-electron chi connectivity index (χ4n) is 3.25. The molecule has 1 amide bonds. The number of nitrogens with zero attached hydrogens (tertiary/aromatic N) is 1. The highest BCUT2D eigenvalue weighted by Gasteiger charge is 2.28. The first-order valence-electron chi connectivity index (χ1n) is 9.14. The van der Waals surface area contributed by atoms with Gasteiger partial charge in [0.25, 0.3) is 5.91 Å². The Kier molecular flexibility index (Phi) is 6.33. The summed E-state index contributed by atoms with van der Waals surface area (Å²) >= 11 is 0. The molecule has 2 atom stereocenters. The number of anilines is 1. The van der Waals surface area contributed by atoms with E-state index in [4.69, 9.17) is 4.74 Å². The SMILES string of the molecule is CN=C(NCc1cccc(NC(=O)C2CCCO2)c1)NC1CCS(=O)(=O)C1. The molecule has 2 fully saturated rings. The maximum atomic E-state index is 12.2. The van der Waals surface area contributed by atoms with E-state index in [-0.39, 0.29) is 29.6 Å². The van der Waals surface area contributed by atoms with Gasteiger partial charge in [-0.3, -0.25) is 9.79 Å². The number of sulfone groups is 1. The van der Waals surface area contributed by atoms with Gasteiger partial charge in [-0.25, -0.2) is 8.42 Å². The minimum atomic E-state index is -2.94. The Bertz CT molecular complexity index is 803. The highest BCUT2D eigenvalue weighted by atomic mass is 32.2. The van der Waals surface area contributed by atoms with Crippen LogP contribution in [-0.4, -0.2) is 57.6 Å². The van der Waals surface area contributed by atoms with Gasteiger partial charge >= 0.3 is 0 Å². The van der Waals surface area contributed by atoms with E-state index in [1.807, 2.05) is 24.3 Å². The number of nitrogens with one attached hydrogen (secondary N) is 3. The van der Waals surface area contributed by atoms with E-state index >= 15 is 0 Å². The van der Waals surface area contributed by atoms with Crippen LogP contribution in [0.2, 0.25) is 0 Å². The summed E-state index contributed by atoms with van der Waals surface area (Å²) in [5, 5.41) is 9.22.